The Hall–Kier alpha value is -0.540. The average Bonchev–Trinajstić information content (AvgIpc) is 2.47. The summed E-state index contributed by atoms with van der Waals surface area (Å²) < 4.78 is 0. The molecule has 2 N–H and O–H groups in total. The van der Waals surface area contributed by atoms with Crippen molar-refractivity contribution in [3.8, 4) is 0 Å². The lowest BCUT2D eigenvalue weighted by molar-refractivity contribution is 0.186. The SMILES string of the molecule is CN1CCC(C2CNC=CCN2)CC1. The molecule has 14 heavy (non-hydrogen) atoms. The van der Waals surface area contributed by atoms with E-state index in [1.807, 2.05) is 0 Å². The zero-order valence-electron chi connectivity index (χ0n) is 9.00. The van der Waals surface area contributed by atoms with Gasteiger partial charge < -0.3 is 15.5 Å². The molecule has 0 aromatic carbocycles. The quantitative estimate of drug-likeness (QED) is 0.634. The van der Waals surface area contributed by atoms with Gasteiger partial charge in [-0.05, 0) is 45.1 Å². The molecule has 0 aromatic heterocycles. The van der Waals surface area contributed by atoms with E-state index < -0.39 is 0 Å². The second-order valence-electron chi connectivity index (χ2n) is 4.47. The minimum atomic E-state index is 0.665. The maximum atomic E-state index is 3.60. The number of rotatable bonds is 1. The highest BCUT2D eigenvalue weighted by molar-refractivity contribution is 4.92. The molecule has 80 valence electrons. The lowest BCUT2D eigenvalue weighted by Gasteiger charge is -2.34. The Labute approximate surface area is 86.5 Å². The summed E-state index contributed by atoms with van der Waals surface area (Å²) in [5, 5.41) is 6.95. The van der Waals surface area contributed by atoms with Crippen LogP contribution in [0.25, 0.3) is 0 Å². The molecular formula is C11H21N3. The molecule has 2 aliphatic rings. The van der Waals surface area contributed by atoms with Crippen LogP contribution < -0.4 is 10.6 Å². The van der Waals surface area contributed by atoms with E-state index in [0.717, 1.165) is 19.0 Å². The average molecular weight is 195 g/mol. The highest BCUT2D eigenvalue weighted by atomic mass is 15.1. The summed E-state index contributed by atoms with van der Waals surface area (Å²) in [5.41, 5.74) is 0. The van der Waals surface area contributed by atoms with Crippen LogP contribution in [0.1, 0.15) is 12.8 Å². The molecule has 3 nitrogen and oxygen atoms in total. The summed E-state index contributed by atoms with van der Waals surface area (Å²) in [6.45, 7) is 4.63. The predicted octanol–water partition coefficient (Wildman–Crippen LogP) is 0.403. The molecular weight excluding hydrogens is 174 g/mol. The van der Waals surface area contributed by atoms with Gasteiger partial charge in [0.25, 0.3) is 0 Å². The monoisotopic (exact) mass is 195 g/mol. The third kappa shape index (κ3) is 2.49. The van der Waals surface area contributed by atoms with Crippen molar-refractivity contribution in [1.29, 1.82) is 0 Å². The van der Waals surface area contributed by atoms with Gasteiger partial charge >= 0.3 is 0 Å². The first kappa shape index (κ1) is 9.99. The van der Waals surface area contributed by atoms with Gasteiger partial charge in [0.1, 0.15) is 0 Å². The van der Waals surface area contributed by atoms with Crippen LogP contribution in [0.5, 0.6) is 0 Å². The molecule has 2 aliphatic heterocycles. The fourth-order valence-corrected chi connectivity index (χ4v) is 2.39. The summed E-state index contributed by atoms with van der Waals surface area (Å²) in [6.07, 6.45) is 6.92. The number of piperidine rings is 1. The first-order valence-corrected chi connectivity index (χ1v) is 5.66. The van der Waals surface area contributed by atoms with Gasteiger partial charge in [0, 0.05) is 19.1 Å². The summed E-state index contributed by atoms with van der Waals surface area (Å²) in [7, 11) is 2.22. The fraction of sp³-hybridized carbons (Fsp3) is 0.818. The van der Waals surface area contributed by atoms with Crippen molar-refractivity contribution < 1.29 is 0 Å². The van der Waals surface area contributed by atoms with Crippen molar-refractivity contribution in [1.82, 2.24) is 15.5 Å². The van der Waals surface area contributed by atoms with Crippen LogP contribution in [0, 0.1) is 5.92 Å². The Bertz CT molecular complexity index is 185. The minimum Gasteiger partial charge on any atom is -0.390 e. The molecule has 0 aliphatic carbocycles. The smallest absolute Gasteiger partial charge is 0.0298 e. The van der Waals surface area contributed by atoms with Gasteiger partial charge in [-0.2, -0.15) is 0 Å². The maximum absolute atomic E-state index is 3.60. The van der Waals surface area contributed by atoms with E-state index in [9.17, 15) is 0 Å². The van der Waals surface area contributed by atoms with Crippen molar-refractivity contribution in [2.45, 2.75) is 18.9 Å². The molecule has 2 heterocycles. The van der Waals surface area contributed by atoms with Crippen molar-refractivity contribution in [3.05, 3.63) is 12.3 Å². The van der Waals surface area contributed by atoms with Crippen LogP contribution in [0.2, 0.25) is 0 Å². The Kier molecular flexibility index (Phi) is 3.43. The Morgan fingerprint density at radius 1 is 1.29 bits per heavy atom. The third-order valence-corrected chi connectivity index (χ3v) is 3.40. The zero-order chi connectivity index (χ0) is 9.80. The number of nitrogens with one attached hydrogen (secondary N) is 2. The molecule has 0 bridgehead atoms. The number of hydrogen-bond acceptors (Lipinski definition) is 3. The molecule has 1 atom stereocenters. The van der Waals surface area contributed by atoms with Crippen LogP contribution in [0.15, 0.2) is 12.3 Å². The largest absolute Gasteiger partial charge is 0.390 e. The summed E-state index contributed by atoms with van der Waals surface area (Å²) in [6, 6.07) is 0.665. The Morgan fingerprint density at radius 3 is 2.86 bits per heavy atom. The normalized spacial score (nSPS) is 31.1. The molecule has 0 aromatic rings. The van der Waals surface area contributed by atoms with Crippen LogP contribution in [0.4, 0.5) is 0 Å². The summed E-state index contributed by atoms with van der Waals surface area (Å²) in [5.74, 6) is 0.860. The van der Waals surface area contributed by atoms with E-state index >= 15 is 0 Å². The minimum absolute atomic E-state index is 0.665. The summed E-state index contributed by atoms with van der Waals surface area (Å²) >= 11 is 0. The predicted molar refractivity (Wildman–Crippen MR) is 59.2 cm³/mol. The van der Waals surface area contributed by atoms with E-state index in [1.54, 1.807) is 0 Å². The first-order valence-electron chi connectivity index (χ1n) is 5.66. The van der Waals surface area contributed by atoms with Gasteiger partial charge in [-0.15, -0.1) is 0 Å². The molecule has 1 fully saturated rings. The standard InChI is InChI=1S/C11H21N3/c1-14-7-3-10(4-8-14)11-9-12-5-2-6-13-11/h2,5,10-13H,3-4,6-9H2,1H3. The molecule has 1 saturated heterocycles. The van der Waals surface area contributed by atoms with Crippen LogP contribution >= 0.6 is 0 Å². The van der Waals surface area contributed by atoms with Gasteiger partial charge in [-0.25, -0.2) is 0 Å². The van der Waals surface area contributed by atoms with Crippen molar-refractivity contribution in [3.63, 3.8) is 0 Å². The molecule has 3 heteroatoms. The molecule has 0 saturated carbocycles. The van der Waals surface area contributed by atoms with Crippen molar-refractivity contribution >= 4 is 0 Å². The van der Waals surface area contributed by atoms with Gasteiger partial charge in [-0.3, -0.25) is 0 Å². The Morgan fingerprint density at radius 2 is 2.07 bits per heavy atom. The van der Waals surface area contributed by atoms with Crippen molar-refractivity contribution in [2.24, 2.45) is 5.92 Å². The number of likely N-dealkylation sites (tertiary alicyclic amines) is 1. The van der Waals surface area contributed by atoms with Crippen LogP contribution in [-0.2, 0) is 0 Å². The van der Waals surface area contributed by atoms with Crippen molar-refractivity contribution in [2.75, 3.05) is 33.2 Å². The Balaban J connectivity index is 1.82. The maximum Gasteiger partial charge on any atom is 0.0298 e. The van der Waals surface area contributed by atoms with E-state index in [1.165, 1.54) is 25.9 Å². The van der Waals surface area contributed by atoms with Gasteiger partial charge in [-0.1, -0.05) is 6.08 Å². The van der Waals surface area contributed by atoms with Crippen LogP contribution in [-0.4, -0.2) is 44.2 Å². The third-order valence-electron chi connectivity index (χ3n) is 3.40. The second-order valence-corrected chi connectivity index (χ2v) is 4.47. The molecule has 0 amide bonds. The van der Waals surface area contributed by atoms with Gasteiger partial charge in [0.05, 0.1) is 0 Å². The second kappa shape index (κ2) is 4.80. The molecule has 2 rings (SSSR count). The van der Waals surface area contributed by atoms with Crippen LogP contribution in [0.3, 0.4) is 0 Å². The first-order chi connectivity index (χ1) is 6.86. The van der Waals surface area contributed by atoms with Gasteiger partial charge in [0.2, 0.25) is 0 Å². The summed E-state index contributed by atoms with van der Waals surface area (Å²) in [4.78, 5) is 2.43. The molecule has 0 spiro atoms. The highest BCUT2D eigenvalue weighted by Crippen LogP contribution is 2.19. The van der Waals surface area contributed by atoms with E-state index in [2.05, 4.69) is 34.9 Å². The van der Waals surface area contributed by atoms with E-state index in [-0.39, 0.29) is 0 Å². The highest BCUT2D eigenvalue weighted by Gasteiger charge is 2.24. The van der Waals surface area contributed by atoms with E-state index in [4.69, 9.17) is 0 Å². The fourth-order valence-electron chi connectivity index (χ4n) is 2.39. The molecule has 1 unspecified atom stereocenters. The lowest BCUT2D eigenvalue weighted by atomic mass is 9.89. The zero-order valence-corrected chi connectivity index (χ0v) is 9.00. The topological polar surface area (TPSA) is 27.3 Å². The number of nitrogens with zero attached hydrogens (tertiary/aromatic N) is 1. The lowest BCUT2D eigenvalue weighted by Crippen LogP contribution is -2.45. The van der Waals surface area contributed by atoms with E-state index in [0.29, 0.717) is 6.04 Å². The molecule has 0 radical (unpaired) electrons. The van der Waals surface area contributed by atoms with Gasteiger partial charge in [0.15, 0.2) is 0 Å². The number of hydrogen-bond donors (Lipinski definition) is 2.